The Morgan fingerprint density at radius 3 is 2.75 bits per heavy atom. The van der Waals surface area contributed by atoms with Crippen molar-refractivity contribution in [2.75, 3.05) is 26.2 Å². The van der Waals surface area contributed by atoms with E-state index in [1.165, 1.54) is 0 Å². The van der Waals surface area contributed by atoms with Gasteiger partial charge in [0.2, 0.25) is 0 Å². The van der Waals surface area contributed by atoms with Crippen LogP contribution < -0.4 is 10.6 Å². The van der Waals surface area contributed by atoms with Crippen LogP contribution in [0.2, 0.25) is 0 Å². The van der Waals surface area contributed by atoms with Gasteiger partial charge in [0.1, 0.15) is 5.76 Å². The van der Waals surface area contributed by atoms with Gasteiger partial charge in [0.15, 0.2) is 5.96 Å². The van der Waals surface area contributed by atoms with Crippen LogP contribution in [-0.4, -0.2) is 37.3 Å². The van der Waals surface area contributed by atoms with Gasteiger partial charge in [0.05, 0.1) is 6.26 Å². The number of nitrogens with zero attached hydrogens (tertiary/aromatic N) is 1. The third-order valence-electron chi connectivity index (χ3n) is 3.65. The highest BCUT2D eigenvalue weighted by molar-refractivity contribution is 5.80. The molecule has 0 aliphatic carbocycles. The molecule has 0 aromatic carbocycles. The van der Waals surface area contributed by atoms with E-state index in [4.69, 9.17) is 9.41 Å². The molecule has 1 unspecified atom stereocenters. The predicted molar refractivity (Wildman–Crippen MR) is 100 cm³/mol. The van der Waals surface area contributed by atoms with Gasteiger partial charge in [-0.1, -0.05) is 26.0 Å². The number of aliphatic hydroxyl groups is 1. The highest BCUT2D eigenvalue weighted by Gasteiger charge is 2.11. The first-order valence-electron chi connectivity index (χ1n) is 8.81. The lowest BCUT2D eigenvalue weighted by Crippen LogP contribution is -2.39. The quantitative estimate of drug-likeness (QED) is 0.330. The summed E-state index contributed by atoms with van der Waals surface area (Å²) in [5, 5.41) is 15.9. The molecule has 1 rings (SSSR count). The molecule has 0 amide bonds. The predicted octanol–water partition coefficient (Wildman–Crippen LogP) is 2.98. The topological polar surface area (TPSA) is 69.8 Å². The van der Waals surface area contributed by atoms with Gasteiger partial charge < -0.3 is 20.2 Å². The first kappa shape index (κ1) is 20.3. The van der Waals surface area contributed by atoms with Gasteiger partial charge in [0, 0.05) is 32.7 Å². The van der Waals surface area contributed by atoms with Crippen molar-refractivity contribution in [2.24, 2.45) is 16.8 Å². The Balaban J connectivity index is 2.55. The third-order valence-corrected chi connectivity index (χ3v) is 3.65. The van der Waals surface area contributed by atoms with E-state index < -0.39 is 0 Å². The lowest BCUT2D eigenvalue weighted by atomic mass is 9.94. The molecule has 0 aliphatic heterocycles. The molecule has 0 radical (unpaired) electrons. The normalized spacial score (nSPS) is 13.1. The number of nitrogens with one attached hydrogen (secondary N) is 2. The first-order valence-corrected chi connectivity index (χ1v) is 8.81. The van der Waals surface area contributed by atoms with Crippen LogP contribution in [0.1, 0.15) is 39.4 Å². The minimum atomic E-state index is 0.216. The summed E-state index contributed by atoms with van der Waals surface area (Å²) in [7, 11) is 0. The third kappa shape index (κ3) is 9.40. The van der Waals surface area contributed by atoms with Crippen molar-refractivity contribution in [3.05, 3.63) is 36.3 Å². The van der Waals surface area contributed by atoms with Crippen LogP contribution in [0.3, 0.4) is 0 Å². The minimum Gasteiger partial charge on any atom is -0.469 e. The van der Waals surface area contributed by atoms with Gasteiger partial charge >= 0.3 is 0 Å². The zero-order chi connectivity index (χ0) is 17.8. The van der Waals surface area contributed by atoms with Crippen LogP contribution in [0, 0.1) is 11.8 Å². The van der Waals surface area contributed by atoms with Gasteiger partial charge in [-0.25, -0.2) is 0 Å². The summed E-state index contributed by atoms with van der Waals surface area (Å²) in [5.74, 6) is 2.76. The van der Waals surface area contributed by atoms with E-state index in [1.54, 1.807) is 6.26 Å². The average Bonchev–Trinajstić information content (AvgIpc) is 3.02. The van der Waals surface area contributed by atoms with Crippen LogP contribution in [0.4, 0.5) is 0 Å². The number of hydrogen-bond donors (Lipinski definition) is 3. The second-order valence-corrected chi connectivity index (χ2v) is 6.76. The lowest BCUT2D eigenvalue weighted by molar-refractivity contribution is 0.245. The highest BCUT2D eigenvalue weighted by atomic mass is 16.3. The maximum absolute atomic E-state index is 9.24. The van der Waals surface area contributed by atoms with Crippen molar-refractivity contribution in [1.82, 2.24) is 10.6 Å². The number of rotatable bonds is 11. The van der Waals surface area contributed by atoms with Crippen LogP contribution in [-0.2, 0) is 6.42 Å². The number of aliphatic imine (C=N–C) groups is 1. The second kappa shape index (κ2) is 11.7. The molecular weight excluding hydrogens is 302 g/mol. The van der Waals surface area contributed by atoms with Crippen molar-refractivity contribution in [3.63, 3.8) is 0 Å². The SMILES string of the molecule is C=C(C)CNC(=NCC(CCO)CC(C)C)NCCc1ccco1. The average molecular weight is 335 g/mol. The van der Waals surface area contributed by atoms with E-state index in [9.17, 15) is 5.11 Å². The van der Waals surface area contributed by atoms with E-state index in [1.807, 2.05) is 19.1 Å². The fraction of sp³-hybridized carbons (Fsp3) is 0.632. The Labute approximate surface area is 146 Å². The van der Waals surface area contributed by atoms with Crippen LogP contribution >= 0.6 is 0 Å². The Kier molecular flexibility index (Phi) is 9.92. The molecule has 5 nitrogen and oxygen atoms in total. The lowest BCUT2D eigenvalue weighted by Gasteiger charge is -2.18. The van der Waals surface area contributed by atoms with Gasteiger partial charge in [-0.2, -0.15) is 0 Å². The molecule has 0 aliphatic rings. The molecule has 24 heavy (non-hydrogen) atoms. The van der Waals surface area contributed by atoms with E-state index >= 15 is 0 Å². The van der Waals surface area contributed by atoms with Gasteiger partial charge in [0.25, 0.3) is 0 Å². The summed E-state index contributed by atoms with van der Waals surface area (Å²) in [5.41, 5.74) is 1.06. The van der Waals surface area contributed by atoms with Crippen LogP contribution in [0.25, 0.3) is 0 Å². The van der Waals surface area contributed by atoms with E-state index in [0.717, 1.165) is 43.1 Å². The first-order chi connectivity index (χ1) is 11.5. The van der Waals surface area contributed by atoms with E-state index in [-0.39, 0.29) is 6.61 Å². The summed E-state index contributed by atoms with van der Waals surface area (Å²) in [6, 6.07) is 3.87. The van der Waals surface area contributed by atoms with Gasteiger partial charge in [-0.3, -0.25) is 4.99 Å². The minimum absolute atomic E-state index is 0.216. The molecule has 1 aromatic rings. The van der Waals surface area contributed by atoms with Crippen molar-refractivity contribution in [2.45, 2.75) is 40.0 Å². The zero-order valence-corrected chi connectivity index (χ0v) is 15.3. The molecule has 0 saturated heterocycles. The van der Waals surface area contributed by atoms with E-state index in [0.29, 0.717) is 24.9 Å². The van der Waals surface area contributed by atoms with Crippen molar-refractivity contribution < 1.29 is 9.52 Å². The van der Waals surface area contributed by atoms with Gasteiger partial charge in [-0.05, 0) is 43.7 Å². The molecule has 1 aromatic heterocycles. The zero-order valence-electron chi connectivity index (χ0n) is 15.3. The Bertz CT molecular complexity index is 481. The molecular formula is C19H33N3O2. The molecule has 0 fully saturated rings. The Hall–Kier alpha value is -1.75. The molecule has 5 heteroatoms. The van der Waals surface area contributed by atoms with Crippen molar-refractivity contribution in [3.8, 4) is 0 Å². The number of guanidine groups is 1. The molecule has 0 spiro atoms. The molecule has 3 N–H and O–H groups in total. The largest absolute Gasteiger partial charge is 0.469 e. The fourth-order valence-electron chi connectivity index (χ4n) is 2.52. The maximum Gasteiger partial charge on any atom is 0.191 e. The standard InChI is InChI=1S/C19H33N3O2/c1-15(2)12-17(8-10-23)14-22-19(21-13-16(3)4)20-9-7-18-6-5-11-24-18/h5-6,11,15,17,23H,3,7-10,12-14H2,1-2,4H3,(H2,20,21,22). The maximum atomic E-state index is 9.24. The van der Waals surface area contributed by atoms with Crippen LogP contribution in [0.5, 0.6) is 0 Å². The molecule has 1 heterocycles. The summed E-state index contributed by atoms with van der Waals surface area (Å²) >= 11 is 0. The van der Waals surface area contributed by atoms with Crippen molar-refractivity contribution in [1.29, 1.82) is 0 Å². The van der Waals surface area contributed by atoms with Crippen LogP contribution in [0.15, 0.2) is 40.0 Å². The molecule has 0 bridgehead atoms. The Morgan fingerprint density at radius 1 is 1.38 bits per heavy atom. The Morgan fingerprint density at radius 2 is 2.17 bits per heavy atom. The highest BCUT2D eigenvalue weighted by Crippen LogP contribution is 2.15. The van der Waals surface area contributed by atoms with E-state index in [2.05, 4.69) is 31.1 Å². The number of furan rings is 1. The summed E-state index contributed by atoms with van der Waals surface area (Å²) in [4.78, 5) is 4.70. The number of aliphatic hydroxyl groups excluding tert-OH is 1. The monoisotopic (exact) mass is 335 g/mol. The molecule has 0 saturated carbocycles. The summed E-state index contributed by atoms with van der Waals surface area (Å²) in [6.07, 6.45) is 4.37. The fourth-order valence-corrected chi connectivity index (χ4v) is 2.52. The molecule has 1 atom stereocenters. The number of hydrogen-bond acceptors (Lipinski definition) is 3. The molecule has 136 valence electrons. The summed E-state index contributed by atoms with van der Waals surface area (Å²) in [6.45, 7) is 12.7. The summed E-state index contributed by atoms with van der Waals surface area (Å²) < 4.78 is 5.35. The second-order valence-electron chi connectivity index (χ2n) is 6.76. The van der Waals surface area contributed by atoms with Crippen molar-refractivity contribution >= 4 is 5.96 Å². The smallest absolute Gasteiger partial charge is 0.191 e. The van der Waals surface area contributed by atoms with Gasteiger partial charge in [-0.15, -0.1) is 0 Å².